The minimum atomic E-state index is -0.445. The van der Waals surface area contributed by atoms with Crippen LogP contribution in [0.15, 0.2) is 36.4 Å². The SMILES string of the molecule is CNCc1cccc(Cl)c1Oc1cccc(C)c1[N+](=O)[O-]. The molecule has 0 atom stereocenters. The highest BCUT2D eigenvalue weighted by Crippen LogP contribution is 2.38. The van der Waals surface area contributed by atoms with Gasteiger partial charge in [-0.2, -0.15) is 0 Å². The second-order valence-electron chi connectivity index (χ2n) is 4.54. The highest BCUT2D eigenvalue weighted by atomic mass is 35.5. The van der Waals surface area contributed by atoms with E-state index in [0.29, 0.717) is 22.9 Å². The van der Waals surface area contributed by atoms with Gasteiger partial charge in [0.05, 0.1) is 9.95 Å². The fraction of sp³-hybridized carbons (Fsp3) is 0.200. The molecule has 0 fully saturated rings. The van der Waals surface area contributed by atoms with Crippen molar-refractivity contribution in [2.45, 2.75) is 13.5 Å². The molecule has 0 spiro atoms. The first kappa shape index (κ1) is 15.3. The van der Waals surface area contributed by atoms with Crippen LogP contribution >= 0.6 is 11.6 Å². The summed E-state index contributed by atoms with van der Waals surface area (Å²) in [5.41, 5.74) is 1.33. The van der Waals surface area contributed by atoms with Crippen molar-refractivity contribution in [1.82, 2.24) is 5.32 Å². The topological polar surface area (TPSA) is 64.4 Å². The lowest BCUT2D eigenvalue weighted by molar-refractivity contribution is -0.386. The number of para-hydroxylation sites is 2. The Bertz CT molecular complexity index is 674. The lowest BCUT2D eigenvalue weighted by Gasteiger charge is -2.13. The first-order valence-electron chi connectivity index (χ1n) is 6.38. The number of hydrogen-bond donors (Lipinski definition) is 1. The minimum absolute atomic E-state index is 0.0483. The maximum Gasteiger partial charge on any atom is 0.314 e. The van der Waals surface area contributed by atoms with Gasteiger partial charge in [-0.25, -0.2) is 0 Å². The summed E-state index contributed by atoms with van der Waals surface area (Å²) >= 11 is 6.16. The fourth-order valence-electron chi connectivity index (χ4n) is 2.06. The summed E-state index contributed by atoms with van der Waals surface area (Å²) in [4.78, 5) is 10.8. The van der Waals surface area contributed by atoms with E-state index in [-0.39, 0.29) is 11.4 Å². The summed E-state index contributed by atoms with van der Waals surface area (Å²) in [5, 5.41) is 14.6. The van der Waals surface area contributed by atoms with Gasteiger partial charge in [-0.15, -0.1) is 0 Å². The Morgan fingerprint density at radius 2 is 2.00 bits per heavy atom. The molecular formula is C15H15ClN2O3. The summed E-state index contributed by atoms with van der Waals surface area (Å²) in [5.74, 6) is 0.618. The number of nitro benzene ring substituents is 1. The molecule has 5 nitrogen and oxygen atoms in total. The Morgan fingerprint density at radius 1 is 1.29 bits per heavy atom. The summed E-state index contributed by atoms with van der Waals surface area (Å²) in [6.07, 6.45) is 0. The van der Waals surface area contributed by atoms with Crippen molar-refractivity contribution >= 4 is 17.3 Å². The van der Waals surface area contributed by atoms with E-state index in [1.807, 2.05) is 12.1 Å². The van der Waals surface area contributed by atoms with E-state index in [9.17, 15) is 10.1 Å². The molecule has 0 aliphatic carbocycles. The molecule has 0 amide bonds. The fourth-order valence-corrected chi connectivity index (χ4v) is 2.29. The van der Waals surface area contributed by atoms with Crippen LogP contribution in [0.2, 0.25) is 5.02 Å². The molecule has 0 radical (unpaired) electrons. The van der Waals surface area contributed by atoms with Gasteiger partial charge < -0.3 is 10.1 Å². The molecule has 0 bridgehead atoms. The predicted octanol–water partition coefficient (Wildman–Crippen LogP) is 4.07. The van der Waals surface area contributed by atoms with Crippen molar-refractivity contribution in [2.24, 2.45) is 0 Å². The Labute approximate surface area is 127 Å². The lowest BCUT2D eigenvalue weighted by atomic mass is 10.1. The quantitative estimate of drug-likeness (QED) is 0.668. The minimum Gasteiger partial charge on any atom is -0.448 e. The van der Waals surface area contributed by atoms with Crippen molar-refractivity contribution in [1.29, 1.82) is 0 Å². The van der Waals surface area contributed by atoms with Gasteiger partial charge in [0, 0.05) is 17.7 Å². The zero-order valence-corrected chi connectivity index (χ0v) is 12.5. The number of aryl methyl sites for hydroxylation is 1. The molecule has 0 aliphatic heterocycles. The number of rotatable bonds is 5. The average Bonchev–Trinajstić information content (AvgIpc) is 2.42. The molecule has 0 saturated heterocycles. The Morgan fingerprint density at radius 3 is 2.67 bits per heavy atom. The van der Waals surface area contributed by atoms with E-state index in [4.69, 9.17) is 16.3 Å². The van der Waals surface area contributed by atoms with Crippen LogP contribution in [-0.2, 0) is 6.54 Å². The summed E-state index contributed by atoms with van der Waals surface area (Å²) in [7, 11) is 1.81. The van der Waals surface area contributed by atoms with E-state index >= 15 is 0 Å². The van der Waals surface area contributed by atoms with Crippen LogP contribution in [0.4, 0.5) is 5.69 Å². The van der Waals surface area contributed by atoms with Gasteiger partial charge in [0.1, 0.15) is 0 Å². The number of nitro groups is 1. The molecule has 2 rings (SSSR count). The van der Waals surface area contributed by atoms with E-state index in [0.717, 1.165) is 5.56 Å². The van der Waals surface area contributed by atoms with Crippen LogP contribution in [0, 0.1) is 17.0 Å². The Hall–Kier alpha value is -2.11. The van der Waals surface area contributed by atoms with E-state index in [1.54, 1.807) is 38.2 Å². The van der Waals surface area contributed by atoms with Gasteiger partial charge in [0.2, 0.25) is 5.75 Å². The van der Waals surface area contributed by atoms with Gasteiger partial charge in [-0.1, -0.05) is 35.9 Å². The second kappa shape index (κ2) is 6.56. The highest BCUT2D eigenvalue weighted by molar-refractivity contribution is 6.32. The summed E-state index contributed by atoms with van der Waals surface area (Å²) in [6.45, 7) is 2.22. The number of benzene rings is 2. The van der Waals surface area contributed by atoms with Crippen molar-refractivity contribution in [2.75, 3.05) is 7.05 Å². The third kappa shape index (κ3) is 3.32. The van der Waals surface area contributed by atoms with Gasteiger partial charge in [0.25, 0.3) is 0 Å². The average molecular weight is 307 g/mol. The summed E-state index contributed by atoms with van der Waals surface area (Å²) < 4.78 is 5.75. The third-order valence-electron chi connectivity index (χ3n) is 3.01. The maximum absolute atomic E-state index is 11.2. The van der Waals surface area contributed by atoms with Crippen LogP contribution in [0.5, 0.6) is 11.5 Å². The van der Waals surface area contributed by atoms with Gasteiger partial charge in [-0.05, 0) is 26.1 Å². The van der Waals surface area contributed by atoms with Gasteiger partial charge in [0.15, 0.2) is 5.75 Å². The first-order valence-corrected chi connectivity index (χ1v) is 6.76. The highest BCUT2D eigenvalue weighted by Gasteiger charge is 2.20. The molecular weight excluding hydrogens is 292 g/mol. The normalized spacial score (nSPS) is 10.4. The number of halogens is 1. The van der Waals surface area contributed by atoms with Crippen LogP contribution in [0.1, 0.15) is 11.1 Å². The maximum atomic E-state index is 11.2. The van der Waals surface area contributed by atoms with Crippen LogP contribution in [0.3, 0.4) is 0 Å². The van der Waals surface area contributed by atoms with Gasteiger partial charge >= 0.3 is 5.69 Å². The van der Waals surface area contributed by atoms with Crippen molar-refractivity contribution in [3.63, 3.8) is 0 Å². The molecule has 1 N–H and O–H groups in total. The number of ether oxygens (including phenoxy) is 1. The molecule has 6 heteroatoms. The smallest absolute Gasteiger partial charge is 0.314 e. The largest absolute Gasteiger partial charge is 0.448 e. The van der Waals surface area contributed by atoms with Crippen molar-refractivity contribution in [3.05, 3.63) is 62.7 Å². The molecule has 0 heterocycles. The third-order valence-corrected chi connectivity index (χ3v) is 3.31. The number of nitrogens with zero attached hydrogens (tertiary/aromatic N) is 1. The molecule has 21 heavy (non-hydrogen) atoms. The predicted molar refractivity (Wildman–Crippen MR) is 82.1 cm³/mol. The van der Waals surface area contributed by atoms with Crippen LogP contribution in [0.25, 0.3) is 0 Å². The van der Waals surface area contributed by atoms with Gasteiger partial charge in [-0.3, -0.25) is 10.1 Å². The van der Waals surface area contributed by atoms with E-state index < -0.39 is 4.92 Å². The molecule has 0 unspecified atom stereocenters. The Kier molecular flexibility index (Phi) is 4.77. The molecule has 2 aromatic carbocycles. The molecule has 0 aliphatic rings. The van der Waals surface area contributed by atoms with Crippen LogP contribution in [-0.4, -0.2) is 12.0 Å². The van der Waals surface area contributed by atoms with Crippen molar-refractivity contribution < 1.29 is 9.66 Å². The Balaban J connectivity index is 2.48. The summed E-state index contributed by atoms with van der Waals surface area (Å²) in [6, 6.07) is 10.3. The number of hydrogen-bond acceptors (Lipinski definition) is 4. The van der Waals surface area contributed by atoms with E-state index in [1.165, 1.54) is 0 Å². The lowest BCUT2D eigenvalue weighted by Crippen LogP contribution is -2.07. The number of nitrogens with one attached hydrogen (secondary N) is 1. The zero-order valence-electron chi connectivity index (χ0n) is 11.7. The van der Waals surface area contributed by atoms with Crippen molar-refractivity contribution in [3.8, 4) is 11.5 Å². The van der Waals surface area contributed by atoms with E-state index in [2.05, 4.69) is 5.32 Å². The monoisotopic (exact) mass is 306 g/mol. The molecule has 0 saturated carbocycles. The first-order chi connectivity index (χ1) is 10.0. The molecule has 0 aromatic heterocycles. The molecule has 2 aromatic rings. The second-order valence-corrected chi connectivity index (χ2v) is 4.95. The standard InChI is InChI=1S/C15H15ClN2O3/c1-10-5-3-8-13(14(10)18(19)20)21-15-11(9-17-2)6-4-7-12(15)16/h3-8,17H,9H2,1-2H3. The van der Waals surface area contributed by atoms with Crippen LogP contribution < -0.4 is 10.1 Å². The zero-order chi connectivity index (χ0) is 15.4. The molecule has 110 valence electrons.